The van der Waals surface area contributed by atoms with Crippen molar-refractivity contribution in [3.8, 4) is 0 Å². The molecule has 0 spiro atoms. The minimum atomic E-state index is -3.95. The summed E-state index contributed by atoms with van der Waals surface area (Å²) in [5, 5.41) is 4.98. The van der Waals surface area contributed by atoms with Crippen molar-refractivity contribution in [2.24, 2.45) is 5.14 Å². The minimum absolute atomic E-state index is 0.134. The summed E-state index contributed by atoms with van der Waals surface area (Å²) in [6.07, 6.45) is 1.89. The Morgan fingerprint density at radius 3 is 2.38 bits per heavy atom. The Bertz CT molecular complexity index is 811. The predicted octanol–water partition coefficient (Wildman–Crippen LogP) is 0.448. The summed E-state index contributed by atoms with van der Waals surface area (Å²) >= 11 is 0. The summed E-state index contributed by atoms with van der Waals surface area (Å²) in [7, 11) is -7.76. The molecule has 0 bridgehead atoms. The summed E-state index contributed by atoms with van der Waals surface area (Å²) in [5.41, 5.74) is 0. The van der Waals surface area contributed by atoms with Crippen LogP contribution >= 0.6 is 0 Å². The number of sulfonamides is 2. The third kappa shape index (κ3) is 4.14. The average molecular weight is 330 g/mol. The fourth-order valence-corrected chi connectivity index (χ4v) is 3.38. The SMILES string of the molecule is NS(=O)(=O)c1cccc(S(=O)(=O)NCCc2ccco2)c1. The quantitative estimate of drug-likeness (QED) is 0.797. The highest BCUT2D eigenvalue weighted by Gasteiger charge is 2.17. The third-order valence-electron chi connectivity index (χ3n) is 2.69. The maximum absolute atomic E-state index is 12.1. The maximum atomic E-state index is 12.1. The number of hydrogen-bond donors (Lipinski definition) is 2. The lowest BCUT2D eigenvalue weighted by molar-refractivity contribution is 0.506. The van der Waals surface area contributed by atoms with E-state index in [1.165, 1.54) is 24.5 Å². The summed E-state index contributed by atoms with van der Waals surface area (Å²) in [4.78, 5) is -0.412. The van der Waals surface area contributed by atoms with E-state index < -0.39 is 20.0 Å². The van der Waals surface area contributed by atoms with Gasteiger partial charge in [-0.2, -0.15) is 0 Å². The van der Waals surface area contributed by atoms with Crippen molar-refractivity contribution in [2.45, 2.75) is 16.2 Å². The standard InChI is InChI=1S/C12H14N2O5S2/c13-20(15,16)11-4-1-5-12(9-11)21(17,18)14-7-6-10-3-2-8-19-10/h1-5,8-9,14H,6-7H2,(H2,13,15,16). The number of primary sulfonamides is 1. The molecule has 2 rings (SSSR count). The largest absolute Gasteiger partial charge is 0.469 e. The van der Waals surface area contributed by atoms with E-state index in [2.05, 4.69) is 4.72 Å². The molecule has 0 saturated heterocycles. The maximum Gasteiger partial charge on any atom is 0.240 e. The van der Waals surface area contributed by atoms with Crippen LogP contribution in [-0.4, -0.2) is 23.4 Å². The van der Waals surface area contributed by atoms with Crippen LogP contribution in [0.5, 0.6) is 0 Å². The number of hydrogen-bond acceptors (Lipinski definition) is 5. The van der Waals surface area contributed by atoms with Gasteiger partial charge in [0.1, 0.15) is 5.76 Å². The molecule has 0 saturated carbocycles. The van der Waals surface area contributed by atoms with E-state index in [0.717, 1.165) is 6.07 Å². The van der Waals surface area contributed by atoms with Crippen LogP contribution in [0.2, 0.25) is 0 Å². The molecule has 0 fully saturated rings. The van der Waals surface area contributed by atoms with E-state index >= 15 is 0 Å². The van der Waals surface area contributed by atoms with Gasteiger partial charge in [0.05, 0.1) is 16.1 Å². The van der Waals surface area contributed by atoms with Gasteiger partial charge in [0.2, 0.25) is 20.0 Å². The van der Waals surface area contributed by atoms with Gasteiger partial charge in [0.25, 0.3) is 0 Å². The van der Waals surface area contributed by atoms with Crippen molar-refractivity contribution >= 4 is 20.0 Å². The van der Waals surface area contributed by atoms with Crippen molar-refractivity contribution < 1.29 is 21.3 Å². The molecule has 2 aromatic rings. The van der Waals surface area contributed by atoms with Crippen molar-refractivity contribution in [2.75, 3.05) is 6.54 Å². The van der Waals surface area contributed by atoms with Crippen molar-refractivity contribution in [3.05, 3.63) is 48.4 Å². The fraction of sp³-hybridized carbons (Fsp3) is 0.167. The van der Waals surface area contributed by atoms with Crippen LogP contribution in [0, 0.1) is 0 Å². The molecular weight excluding hydrogens is 316 g/mol. The number of benzene rings is 1. The molecule has 0 unspecified atom stereocenters. The van der Waals surface area contributed by atoms with Gasteiger partial charge in [-0.15, -0.1) is 0 Å². The van der Waals surface area contributed by atoms with Gasteiger partial charge >= 0.3 is 0 Å². The minimum Gasteiger partial charge on any atom is -0.469 e. The van der Waals surface area contributed by atoms with E-state index in [1.54, 1.807) is 12.1 Å². The van der Waals surface area contributed by atoms with Gasteiger partial charge in [-0.3, -0.25) is 0 Å². The zero-order valence-electron chi connectivity index (χ0n) is 10.9. The van der Waals surface area contributed by atoms with Crippen LogP contribution in [0.25, 0.3) is 0 Å². The van der Waals surface area contributed by atoms with Crippen LogP contribution in [0.4, 0.5) is 0 Å². The van der Waals surface area contributed by atoms with Crippen molar-refractivity contribution in [1.82, 2.24) is 4.72 Å². The number of furan rings is 1. The Labute approximate surface area is 122 Å². The van der Waals surface area contributed by atoms with E-state index in [4.69, 9.17) is 9.56 Å². The number of nitrogens with one attached hydrogen (secondary N) is 1. The highest BCUT2D eigenvalue weighted by Crippen LogP contribution is 2.14. The van der Waals surface area contributed by atoms with Crippen molar-refractivity contribution in [3.63, 3.8) is 0 Å². The zero-order valence-corrected chi connectivity index (χ0v) is 12.5. The average Bonchev–Trinajstić information content (AvgIpc) is 2.91. The van der Waals surface area contributed by atoms with E-state index in [1.807, 2.05) is 0 Å². The first-order chi connectivity index (χ1) is 9.79. The summed E-state index contributed by atoms with van der Waals surface area (Å²) in [6, 6.07) is 8.31. The molecule has 3 N–H and O–H groups in total. The van der Waals surface area contributed by atoms with Gasteiger partial charge in [0.15, 0.2) is 0 Å². The molecule has 21 heavy (non-hydrogen) atoms. The first-order valence-electron chi connectivity index (χ1n) is 5.94. The normalized spacial score (nSPS) is 12.4. The summed E-state index contributed by atoms with van der Waals surface area (Å²) < 4.78 is 54.0. The Morgan fingerprint density at radius 2 is 1.76 bits per heavy atom. The molecule has 1 aromatic carbocycles. The molecule has 1 heterocycles. The molecule has 114 valence electrons. The molecule has 0 atom stereocenters. The fourth-order valence-electron chi connectivity index (χ4n) is 1.67. The molecule has 1 aromatic heterocycles. The first-order valence-corrected chi connectivity index (χ1v) is 8.97. The topological polar surface area (TPSA) is 119 Å². The summed E-state index contributed by atoms with van der Waals surface area (Å²) in [5.74, 6) is 0.649. The molecule has 0 aliphatic carbocycles. The lowest BCUT2D eigenvalue weighted by Crippen LogP contribution is -2.26. The lowest BCUT2D eigenvalue weighted by atomic mass is 10.3. The predicted molar refractivity (Wildman–Crippen MR) is 75.4 cm³/mol. The highest BCUT2D eigenvalue weighted by molar-refractivity contribution is 7.90. The van der Waals surface area contributed by atoms with Gasteiger partial charge < -0.3 is 4.42 Å². The monoisotopic (exact) mass is 330 g/mol. The Balaban J connectivity index is 2.12. The molecule has 7 nitrogen and oxygen atoms in total. The zero-order chi connectivity index (χ0) is 15.5. The van der Waals surface area contributed by atoms with Crippen LogP contribution in [0.3, 0.4) is 0 Å². The molecule has 0 radical (unpaired) electrons. The van der Waals surface area contributed by atoms with Gasteiger partial charge in [-0.25, -0.2) is 26.7 Å². The number of rotatable bonds is 6. The molecular formula is C12H14N2O5S2. The van der Waals surface area contributed by atoms with Gasteiger partial charge in [-0.1, -0.05) is 6.07 Å². The van der Waals surface area contributed by atoms with Gasteiger partial charge in [-0.05, 0) is 30.3 Å². The van der Waals surface area contributed by atoms with Crippen LogP contribution < -0.4 is 9.86 Å². The Kier molecular flexibility index (Phi) is 4.47. The van der Waals surface area contributed by atoms with E-state index in [9.17, 15) is 16.8 Å². The third-order valence-corrected chi connectivity index (χ3v) is 5.06. The Hall–Kier alpha value is -1.68. The van der Waals surface area contributed by atoms with E-state index in [-0.39, 0.29) is 16.3 Å². The second-order valence-corrected chi connectivity index (χ2v) is 7.58. The van der Waals surface area contributed by atoms with E-state index in [0.29, 0.717) is 12.2 Å². The van der Waals surface area contributed by atoms with Crippen LogP contribution in [-0.2, 0) is 26.5 Å². The lowest BCUT2D eigenvalue weighted by Gasteiger charge is -2.07. The van der Waals surface area contributed by atoms with Crippen LogP contribution in [0.15, 0.2) is 56.9 Å². The Morgan fingerprint density at radius 1 is 1.05 bits per heavy atom. The first kappa shape index (κ1) is 15.7. The number of nitrogens with two attached hydrogens (primary N) is 1. The van der Waals surface area contributed by atoms with Gasteiger partial charge in [0, 0.05) is 13.0 Å². The molecule has 0 aliphatic heterocycles. The smallest absolute Gasteiger partial charge is 0.240 e. The summed E-state index contributed by atoms with van der Waals surface area (Å²) in [6.45, 7) is 0.134. The van der Waals surface area contributed by atoms with Crippen LogP contribution in [0.1, 0.15) is 5.76 Å². The highest BCUT2D eigenvalue weighted by atomic mass is 32.2. The second-order valence-electron chi connectivity index (χ2n) is 4.25. The molecule has 9 heteroatoms. The molecule has 0 amide bonds. The van der Waals surface area contributed by atoms with Crippen molar-refractivity contribution in [1.29, 1.82) is 0 Å². The molecule has 0 aliphatic rings. The second kappa shape index (κ2) is 5.98.